The number of esters is 1. The largest absolute Gasteiger partial charge is 0.465 e. The Bertz CT molecular complexity index is 383. The monoisotopic (exact) mass is 254 g/mol. The van der Waals surface area contributed by atoms with Gasteiger partial charge in [0, 0.05) is 0 Å². The van der Waals surface area contributed by atoms with Crippen LogP contribution >= 0.6 is 11.8 Å². The molecule has 0 atom stereocenters. The smallest absolute Gasteiger partial charge is 0.340 e. The zero-order valence-corrected chi connectivity index (χ0v) is 11.0. The van der Waals surface area contributed by atoms with Crippen LogP contribution in [0.3, 0.4) is 0 Å². The number of nitrogens with zero attached hydrogens (tertiary/aromatic N) is 1. The molecule has 0 aromatic carbocycles. The van der Waals surface area contributed by atoms with Gasteiger partial charge in [-0.25, -0.2) is 9.78 Å². The fraction of sp³-hybridized carbons (Fsp3) is 0.500. The number of hydrogen-bond donors (Lipinski definition) is 1. The molecule has 0 aliphatic heterocycles. The molecule has 0 amide bonds. The summed E-state index contributed by atoms with van der Waals surface area (Å²) in [5.74, 6) is 0.567. The van der Waals surface area contributed by atoms with Crippen molar-refractivity contribution in [2.45, 2.75) is 31.2 Å². The molecule has 0 spiro atoms. The van der Waals surface area contributed by atoms with Crippen molar-refractivity contribution in [2.75, 3.05) is 18.6 Å². The van der Waals surface area contributed by atoms with Crippen molar-refractivity contribution in [3.63, 3.8) is 0 Å². The van der Waals surface area contributed by atoms with E-state index >= 15 is 0 Å². The Hall–Kier alpha value is -1.23. The van der Waals surface area contributed by atoms with E-state index in [9.17, 15) is 4.79 Å². The quantitative estimate of drug-likeness (QED) is 0.480. The molecule has 0 aliphatic carbocycles. The molecule has 0 saturated carbocycles. The number of nitrogen functional groups attached to an aromatic ring is 1. The van der Waals surface area contributed by atoms with Crippen molar-refractivity contribution < 1.29 is 9.53 Å². The molecule has 1 aromatic heterocycles. The summed E-state index contributed by atoms with van der Waals surface area (Å²) >= 11 is 1.57. The molecule has 0 bridgehead atoms. The van der Waals surface area contributed by atoms with E-state index in [4.69, 9.17) is 10.5 Å². The van der Waals surface area contributed by atoms with Gasteiger partial charge < -0.3 is 10.5 Å². The van der Waals surface area contributed by atoms with E-state index in [1.54, 1.807) is 24.0 Å². The Labute approximate surface area is 106 Å². The van der Waals surface area contributed by atoms with Crippen LogP contribution in [0.5, 0.6) is 0 Å². The highest BCUT2D eigenvalue weighted by molar-refractivity contribution is 7.99. The van der Waals surface area contributed by atoms with Crippen molar-refractivity contribution in [1.82, 2.24) is 4.98 Å². The summed E-state index contributed by atoms with van der Waals surface area (Å²) in [6.07, 6.45) is 5.05. The van der Waals surface area contributed by atoms with Gasteiger partial charge in [0.25, 0.3) is 0 Å². The summed E-state index contributed by atoms with van der Waals surface area (Å²) in [6.45, 7) is 2.16. The average molecular weight is 254 g/mol. The molecule has 5 heteroatoms. The number of ether oxygens (including phenoxy) is 1. The number of nitrogens with two attached hydrogens (primary N) is 1. The Morgan fingerprint density at radius 1 is 1.53 bits per heavy atom. The van der Waals surface area contributed by atoms with Gasteiger partial charge in [0.2, 0.25) is 0 Å². The van der Waals surface area contributed by atoms with E-state index in [0.717, 1.165) is 12.2 Å². The first-order chi connectivity index (χ1) is 8.19. The molecule has 94 valence electrons. The van der Waals surface area contributed by atoms with Gasteiger partial charge in [-0.1, -0.05) is 19.8 Å². The summed E-state index contributed by atoms with van der Waals surface area (Å²) in [5.41, 5.74) is 6.54. The summed E-state index contributed by atoms with van der Waals surface area (Å²) in [6, 6.07) is 1.61. The Morgan fingerprint density at radius 2 is 2.29 bits per heavy atom. The van der Waals surface area contributed by atoms with Gasteiger partial charge in [-0.05, 0) is 18.2 Å². The maximum absolute atomic E-state index is 11.5. The van der Waals surface area contributed by atoms with Gasteiger partial charge in [-0.2, -0.15) is 0 Å². The van der Waals surface area contributed by atoms with Gasteiger partial charge in [0.05, 0.1) is 24.6 Å². The average Bonchev–Trinajstić information content (AvgIpc) is 2.35. The number of aromatic nitrogens is 1. The normalized spacial score (nSPS) is 10.2. The maximum atomic E-state index is 11.5. The predicted octanol–water partition coefficient (Wildman–Crippen LogP) is 2.73. The van der Waals surface area contributed by atoms with Crippen LogP contribution in [0.1, 0.15) is 36.5 Å². The molecule has 0 saturated heterocycles. The minimum atomic E-state index is -0.386. The third-order valence-electron chi connectivity index (χ3n) is 2.26. The first kappa shape index (κ1) is 13.8. The predicted molar refractivity (Wildman–Crippen MR) is 70.2 cm³/mol. The SMILES string of the molecule is CCCCCSc1ncc(N)cc1C(=O)OC. The number of anilines is 1. The molecule has 1 aromatic rings. The maximum Gasteiger partial charge on any atom is 0.340 e. The first-order valence-corrected chi connectivity index (χ1v) is 6.64. The van der Waals surface area contributed by atoms with Crippen molar-refractivity contribution >= 4 is 23.4 Å². The molecule has 0 radical (unpaired) electrons. The highest BCUT2D eigenvalue weighted by Gasteiger charge is 2.13. The first-order valence-electron chi connectivity index (χ1n) is 5.65. The second kappa shape index (κ2) is 7.17. The molecule has 4 nitrogen and oxygen atoms in total. The second-order valence-electron chi connectivity index (χ2n) is 3.67. The highest BCUT2D eigenvalue weighted by atomic mass is 32.2. The van der Waals surface area contributed by atoms with E-state index in [-0.39, 0.29) is 5.97 Å². The standard InChI is InChI=1S/C12H18N2O2S/c1-3-4-5-6-17-11-10(12(15)16-2)7-9(13)8-14-11/h7-8H,3-6,13H2,1-2H3. The van der Waals surface area contributed by atoms with Gasteiger partial charge in [-0.15, -0.1) is 11.8 Å². The van der Waals surface area contributed by atoms with Gasteiger partial charge in [-0.3, -0.25) is 0 Å². The van der Waals surface area contributed by atoms with Gasteiger partial charge in [0.15, 0.2) is 0 Å². The van der Waals surface area contributed by atoms with Crippen LogP contribution in [-0.2, 0) is 4.74 Å². The molecular weight excluding hydrogens is 236 g/mol. The minimum Gasteiger partial charge on any atom is -0.465 e. The fourth-order valence-corrected chi connectivity index (χ4v) is 2.33. The van der Waals surface area contributed by atoms with Crippen molar-refractivity contribution in [1.29, 1.82) is 0 Å². The molecule has 0 aliphatic rings. The number of carbonyl (C=O) groups excluding carboxylic acids is 1. The van der Waals surface area contributed by atoms with Crippen LogP contribution < -0.4 is 5.73 Å². The topological polar surface area (TPSA) is 65.2 Å². The van der Waals surface area contributed by atoms with E-state index in [1.807, 2.05) is 0 Å². The number of carbonyl (C=O) groups is 1. The van der Waals surface area contributed by atoms with Crippen LogP contribution in [0.4, 0.5) is 5.69 Å². The molecule has 1 rings (SSSR count). The summed E-state index contributed by atoms with van der Waals surface area (Å²) in [4.78, 5) is 15.7. The van der Waals surface area contributed by atoms with E-state index in [0.29, 0.717) is 16.3 Å². The van der Waals surface area contributed by atoms with Crippen LogP contribution in [0.25, 0.3) is 0 Å². The van der Waals surface area contributed by atoms with Gasteiger partial charge in [0.1, 0.15) is 5.03 Å². The van der Waals surface area contributed by atoms with E-state index < -0.39 is 0 Å². The lowest BCUT2D eigenvalue weighted by molar-refractivity contribution is 0.0596. The third kappa shape index (κ3) is 4.26. The minimum absolute atomic E-state index is 0.386. The lowest BCUT2D eigenvalue weighted by Gasteiger charge is -2.07. The Balaban J connectivity index is 2.72. The van der Waals surface area contributed by atoms with Crippen molar-refractivity contribution in [3.05, 3.63) is 17.8 Å². The number of hydrogen-bond acceptors (Lipinski definition) is 5. The summed E-state index contributed by atoms with van der Waals surface area (Å²) in [7, 11) is 1.36. The number of methoxy groups -OCH3 is 1. The lowest BCUT2D eigenvalue weighted by atomic mass is 10.3. The number of unbranched alkanes of at least 4 members (excludes halogenated alkanes) is 2. The van der Waals surface area contributed by atoms with Crippen LogP contribution in [0, 0.1) is 0 Å². The molecule has 0 fully saturated rings. The number of thioether (sulfide) groups is 1. The summed E-state index contributed by atoms with van der Waals surface area (Å²) < 4.78 is 4.71. The van der Waals surface area contributed by atoms with Crippen LogP contribution in [0.2, 0.25) is 0 Å². The molecule has 17 heavy (non-hydrogen) atoms. The molecule has 1 heterocycles. The molecule has 0 unspecified atom stereocenters. The molecule has 2 N–H and O–H groups in total. The second-order valence-corrected chi connectivity index (χ2v) is 4.75. The van der Waals surface area contributed by atoms with E-state index in [1.165, 1.54) is 20.0 Å². The zero-order chi connectivity index (χ0) is 12.7. The fourth-order valence-electron chi connectivity index (χ4n) is 1.36. The summed E-state index contributed by atoms with van der Waals surface area (Å²) in [5, 5.41) is 0.696. The Kier molecular flexibility index (Phi) is 5.83. The number of rotatable bonds is 6. The number of pyridine rings is 1. The van der Waals surface area contributed by atoms with E-state index in [2.05, 4.69) is 11.9 Å². The molecular formula is C12H18N2O2S. The van der Waals surface area contributed by atoms with Gasteiger partial charge >= 0.3 is 5.97 Å². The zero-order valence-electron chi connectivity index (χ0n) is 10.2. The Morgan fingerprint density at radius 3 is 2.94 bits per heavy atom. The highest BCUT2D eigenvalue weighted by Crippen LogP contribution is 2.23. The van der Waals surface area contributed by atoms with Crippen molar-refractivity contribution in [2.24, 2.45) is 0 Å². The van der Waals surface area contributed by atoms with Crippen molar-refractivity contribution in [3.8, 4) is 0 Å². The van der Waals surface area contributed by atoms with Crippen LogP contribution in [0.15, 0.2) is 17.3 Å². The third-order valence-corrected chi connectivity index (χ3v) is 3.36. The lowest BCUT2D eigenvalue weighted by Crippen LogP contribution is -2.06. The van der Waals surface area contributed by atoms with Crippen LogP contribution in [-0.4, -0.2) is 23.8 Å².